The maximum atomic E-state index is 3.72. The Kier molecular flexibility index (Phi) is 3.14. The van der Waals surface area contributed by atoms with Crippen LogP contribution in [0.5, 0.6) is 0 Å². The van der Waals surface area contributed by atoms with Crippen LogP contribution in [0.1, 0.15) is 16.7 Å². The Morgan fingerprint density at radius 3 is 2.50 bits per heavy atom. The second-order valence-electron chi connectivity index (χ2n) is 4.59. The van der Waals surface area contributed by atoms with E-state index in [2.05, 4.69) is 66.2 Å². The molecule has 0 saturated heterocycles. The monoisotopic (exact) mass is 255 g/mol. The van der Waals surface area contributed by atoms with Crippen molar-refractivity contribution in [3.63, 3.8) is 0 Å². The second-order valence-corrected chi connectivity index (χ2v) is 5.61. The summed E-state index contributed by atoms with van der Waals surface area (Å²) in [6.45, 7) is 1.03. The van der Waals surface area contributed by atoms with Gasteiger partial charge in [0.1, 0.15) is 4.87 Å². The average molecular weight is 255 g/mol. The Bertz CT molecular complexity index is 538. The Morgan fingerprint density at radius 2 is 1.72 bits per heavy atom. The Labute approximate surface area is 113 Å². The molecule has 1 heterocycles. The first-order chi connectivity index (χ1) is 8.87. The van der Waals surface area contributed by atoms with Gasteiger partial charge in [-0.2, -0.15) is 0 Å². The molecule has 1 nitrogen and oxygen atoms in total. The molecule has 1 atom stereocenters. The molecule has 0 aromatic heterocycles. The summed E-state index contributed by atoms with van der Waals surface area (Å²) in [6, 6.07) is 19.5. The fourth-order valence-corrected chi connectivity index (χ4v) is 3.82. The lowest BCUT2D eigenvalue weighted by Crippen LogP contribution is -2.45. The van der Waals surface area contributed by atoms with Crippen LogP contribution in [0.4, 0.5) is 0 Å². The van der Waals surface area contributed by atoms with E-state index in [-0.39, 0.29) is 4.87 Å². The van der Waals surface area contributed by atoms with Gasteiger partial charge in [0.05, 0.1) is 0 Å². The zero-order chi connectivity index (χ0) is 12.4. The van der Waals surface area contributed by atoms with E-state index in [1.807, 2.05) is 11.8 Å². The smallest absolute Gasteiger partial charge is 0.116 e. The predicted molar refractivity (Wildman–Crippen MR) is 78.9 cm³/mol. The first kappa shape index (κ1) is 11.8. The minimum atomic E-state index is -0.0872. The summed E-state index contributed by atoms with van der Waals surface area (Å²) < 4.78 is 0. The first-order valence-corrected chi connectivity index (χ1v) is 7.53. The van der Waals surface area contributed by atoms with E-state index in [9.17, 15) is 0 Å². The highest BCUT2D eigenvalue weighted by molar-refractivity contribution is 7.99. The van der Waals surface area contributed by atoms with Crippen molar-refractivity contribution >= 4 is 11.8 Å². The molecule has 3 rings (SSSR count). The summed E-state index contributed by atoms with van der Waals surface area (Å²) in [4.78, 5) is -0.0872. The van der Waals surface area contributed by atoms with Crippen molar-refractivity contribution in [2.45, 2.75) is 11.3 Å². The van der Waals surface area contributed by atoms with E-state index in [1.54, 1.807) is 0 Å². The van der Waals surface area contributed by atoms with E-state index in [1.165, 1.54) is 16.7 Å². The van der Waals surface area contributed by atoms with Gasteiger partial charge in [0.25, 0.3) is 0 Å². The molecule has 0 fully saturated rings. The van der Waals surface area contributed by atoms with Gasteiger partial charge in [0, 0.05) is 6.54 Å². The topological polar surface area (TPSA) is 12.0 Å². The molecular weight excluding hydrogens is 238 g/mol. The second kappa shape index (κ2) is 4.79. The number of benzene rings is 2. The summed E-state index contributed by atoms with van der Waals surface area (Å²) >= 11 is 1.88. The Morgan fingerprint density at radius 1 is 1.00 bits per heavy atom. The standard InChI is InChI=1S/C16H17NS/c1-18-16(14-8-3-2-4-9-14)15-10-6-5-7-13(15)11-12-17-16/h2-10,17H,11-12H2,1H3. The third-order valence-electron chi connectivity index (χ3n) is 3.65. The number of thioether (sulfide) groups is 1. The summed E-state index contributed by atoms with van der Waals surface area (Å²) in [5, 5.41) is 3.72. The van der Waals surface area contributed by atoms with Gasteiger partial charge in [-0.1, -0.05) is 54.6 Å². The lowest BCUT2D eigenvalue weighted by Gasteiger charge is -2.39. The maximum absolute atomic E-state index is 3.72. The fraction of sp³-hybridized carbons (Fsp3) is 0.250. The molecule has 0 aliphatic carbocycles. The highest BCUT2D eigenvalue weighted by Crippen LogP contribution is 2.42. The van der Waals surface area contributed by atoms with Crippen LogP contribution in [-0.2, 0) is 11.3 Å². The van der Waals surface area contributed by atoms with Gasteiger partial charge < -0.3 is 0 Å². The van der Waals surface area contributed by atoms with E-state index in [4.69, 9.17) is 0 Å². The molecule has 0 bridgehead atoms. The Balaban J connectivity index is 2.19. The van der Waals surface area contributed by atoms with Crippen molar-refractivity contribution in [2.75, 3.05) is 12.8 Å². The van der Waals surface area contributed by atoms with Crippen molar-refractivity contribution in [3.8, 4) is 0 Å². The lowest BCUT2D eigenvalue weighted by atomic mass is 9.89. The molecule has 0 spiro atoms. The lowest BCUT2D eigenvalue weighted by molar-refractivity contribution is 0.524. The SMILES string of the molecule is CSC1(c2ccccc2)NCCc2ccccc21. The Hall–Kier alpha value is -1.25. The molecule has 1 aliphatic heterocycles. The van der Waals surface area contributed by atoms with E-state index in [0.717, 1.165) is 13.0 Å². The zero-order valence-electron chi connectivity index (χ0n) is 10.5. The summed E-state index contributed by atoms with van der Waals surface area (Å²) in [7, 11) is 0. The highest BCUT2D eigenvalue weighted by atomic mass is 32.2. The van der Waals surface area contributed by atoms with Gasteiger partial charge in [0.15, 0.2) is 0 Å². The average Bonchev–Trinajstić information content (AvgIpc) is 2.47. The van der Waals surface area contributed by atoms with Crippen molar-refractivity contribution in [1.29, 1.82) is 0 Å². The summed E-state index contributed by atoms with van der Waals surface area (Å²) in [5.41, 5.74) is 4.22. The number of rotatable bonds is 2. The van der Waals surface area contributed by atoms with Gasteiger partial charge in [-0.15, -0.1) is 11.8 Å². The third kappa shape index (κ3) is 1.76. The zero-order valence-corrected chi connectivity index (χ0v) is 11.3. The molecular formula is C16H17NS. The van der Waals surface area contributed by atoms with Crippen LogP contribution in [0.2, 0.25) is 0 Å². The largest absolute Gasteiger partial charge is 0.295 e. The number of nitrogens with one attached hydrogen (secondary N) is 1. The van der Waals surface area contributed by atoms with Crippen LogP contribution < -0.4 is 5.32 Å². The minimum Gasteiger partial charge on any atom is -0.295 e. The molecule has 1 aliphatic rings. The van der Waals surface area contributed by atoms with Crippen molar-refractivity contribution < 1.29 is 0 Å². The third-order valence-corrected chi connectivity index (χ3v) is 4.86. The maximum Gasteiger partial charge on any atom is 0.116 e. The molecule has 18 heavy (non-hydrogen) atoms. The van der Waals surface area contributed by atoms with Gasteiger partial charge >= 0.3 is 0 Å². The van der Waals surface area contributed by atoms with Crippen molar-refractivity contribution in [1.82, 2.24) is 5.32 Å². The fourth-order valence-electron chi connectivity index (χ4n) is 2.78. The molecule has 2 heteroatoms. The van der Waals surface area contributed by atoms with Gasteiger partial charge in [0.2, 0.25) is 0 Å². The molecule has 1 N–H and O–H groups in total. The van der Waals surface area contributed by atoms with Crippen LogP contribution >= 0.6 is 11.8 Å². The van der Waals surface area contributed by atoms with E-state index >= 15 is 0 Å². The van der Waals surface area contributed by atoms with Gasteiger partial charge in [-0.25, -0.2) is 0 Å². The van der Waals surface area contributed by atoms with Gasteiger partial charge in [-0.3, -0.25) is 5.32 Å². The molecule has 0 amide bonds. The first-order valence-electron chi connectivity index (χ1n) is 6.31. The highest BCUT2D eigenvalue weighted by Gasteiger charge is 2.36. The molecule has 1 unspecified atom stereocenters. The van der Waals surface area contributed by atoms with E-state index in [0.29, 0.717) is 0 Å². The summed E-state index contributed by atoms with van der Waals surface area (Å²) in [6.07, 6.45) is 3.30. The van der Waals surface area contributed by atoms with Crippen molar-refractivity contribution in [3.05, 3.63) is 71.3 Å². The van der Waals surface area contributed by atoms with Crippen LogP contribution in [0.3, 0.4) is 0 Å². The molecule has 92 valence electrons. The molecule has 2 aromatic rings. The molecule has 0 radical (unpaired) electrons. The number of hydrogen-bond acceptors (Lipinski definition) is 2. The molecule has 0 saturated carbocycles. The normalized spacial score (nSPS) is 22.5. The predicted octanol–water partition coefficient (Wildman–Crippen LogP) is 3.40. The molecule has 2 aromatic carbocycles. The van der Waals surface area contributed by atoms with Crippen LogP contribution in [0.15, 0.2) is 54.6 Å². The van der Waals surface area contributed by atoms with Crippen LogP contribution in [0.25, 0.3) is 0 Å². The van der Waals surface area contributed by atoms with Crippen LogP contribution in [0, 0.1) is 0 Å². The number of fused-ring (bicyclic) bond motifs is 1. The van der Waals surface area contributed by atoms with Crippen LogP contribution in [-0.4, -0.2) is 12.8 Å². The quantitative estimate of drug-likeness (QED) is 0.882. The summed E-state index contributed by atoms with van der Waals surface area (Å²) in [5.74, 6) is 0. The van der Waals surface area contributed by atoms with Crippen molar-refractivity contribution in [2.24, 2.45) is 0 Å². The minimum absolute atomic E-state index is 0.0872. The number of hydrogen-bond donors (Lipinski definition) is 1. The van der Waals surface area contributed by atoms with E-state index < -0.39 is 0 Å². The van der Waals surface area contributed by atoms with Gasteiger partial charge in [-0.05, 0) is 29.4 Å².